The lowest BCUT2D eigenvalue weighted by Crippen LogP contribution is -2.20. The lowest BCUT2D eigenvalue weighted by atomic mass is 10.0. The average Bonchev–Trinajstić information content (AvgIpc) is 3.09. The Bertz CT molecular complexity index is 795. The van der Waals surface area contributed by atoms with E-state index in [1.165, 1.54) is 44.0 Å². The molecule has 0 bridgehead atoms. The topological polar surface area (TPSA) is 0 Å². The highest BCUT2D eigenvalue weighted by Crippen LogP contribution is 2.48. The molecule has 0 spiro atoms. The van der Waals surface area contributed by atoms with E-state index in [1.54, 1.807) is 5.31 Å². The molecule has 24 heavy (non-hydrogen) atoms. The molecule has 0 radical (unpaired) electrons. The first-order valence-corrected chi connectivity index (χ1v) is 10.1. The van der Waals surface area contributed by atoms with Crippen molar-refractivity contribution in [2.45, 2.75) is 48.0 Å². The maximum Gasteiger partial charge on any atom is -0.00836 e. The molecule has 1 aliphatic carbocycles. The molecular weight excluding hydrogens is 307 g/mol. The zero-order valence-electron chi connectivity index (χ0n) is 15.7. The molecule has 0 aromatic heterocycles. The molecule has 3 rings (SSSR count). The summed E-state index contributed by atoms with van der Waals surface area (Å²) in [6.07, 6.45) is 7.94. The van der Waals surface area contributed by atoms with Gasteiger partial charge in [0, 0.05) is 0 Å². The van der Waals surface area contributed by atoms with Gasteiger partial charge in [-0.05, 0) is 105 Å². The van der Waals surface area contributed by atoms with Crippen LogP contribution in [0.2, 0.25) is 0 Å². The molecule has 0 atom stereocenters. The zero-order chi connectivity index (χ0) is 17.4. The van der Waals surface area contributed by atoms with Crippen molar-refractivity contribution < 1.29 is 0 Å². The second-order valence-electron chi connectivity index (χ2n) is 6.93. The van der Waals surface area contributed by atoms with Crippen molar-refractivity contribution in [3.05, 3.63) is 81.2 Å². The Kier molecular flexibility index (Phi) is 4.79. The third kappa shape index (κ3) is 2.89. The van der Waals surface area contributed by atoms with Crippen LogP contribution >= 0.6 is 7.92 Å². The van der Waals surface area contributed by atoms with Crippen LogP contribution in [0, 0.1) is 41.5 Å². The van der Waals surface area contributed by atoms with Gasteiger partial charge in [-0.3, -0.25) is 0 Å². The molecule has 0 aliphatic heterocycles. The standard InChI is InChI=1S/C23H27P/c1-15-11-13-22(19(5)17(15)3)24(21-9-7-8-10-21)23-14-12-16(2)18(4)20(23)6/h7-9,11-14H,10H2,1-6H3. The van der Waals surface area contributed by atoms with Crippen LogP contribution in [-0.4, -0.2) is 0 Å². The molecule has 0 N–H and O–H groups in total. The summed E-state index contributed by atoms with van der Waals surface area (Å²) < 4.78 is 0. The molecule has 0 saturated carbocycles. The van der Waals surface area contributed by atoms with Gasteiger partial charge in [0.25, 0.3) is 0 Å². The lowest BCUT2D eigenvalue weighted by Gasteiger charge is -2.26. The van der Waals surface area contributed by atoms with Crippen molar-refractivity contribution in [3.8, 4) is 0 Å². The molecular formula is C23H27P. The van der Waals surface area contributed by atoms with Crippen molar-refractivity contribution in [1.29, 1.82) is 0 Å². The minimum atomic E-state index is -0.452. The van der Waals surface area contributed by atoms with Gasteiger partial charge in [-0.15, -0.1) is 0 Å². The highest BCUT2D eigenvalue weighted by molar-refractivity contribution is 7.77. The average molecular weight is 334 g/mol. The van der Waals surface area contributed by atoms with Crippen molar-refractivity contribution in [2.75, 3.05) is 0 Å². The SMILES string of the molecule is Cc1ccc(P(C2=CC=CC2)c2ccc(C)c(C)c2C)c(C)c1C. The first kappa shape index (κ1) is 17.2. The van der Waals surface area contributed by atoms with Crippen LogP contribution in [-0.2, 0) is 0 Å². The fourth-order valence-electron chi connectivity index (χ4n) is 3.41. The van der Waals surface area contributed by atoms with E-state index >= 15 is 0 Å². The van der Waals surface area contributed by atoms with E-state index in [1.807, 2.05) is 0 Å². The van der Waals surface area contributed by atoms with Crippen LogP contribution in [0.3, 0.4) is 0 Å². The normalized spacial score (nSPS) is 13.7. The molecule has 0 nitrogen and oxygen atoms in total. The number of allylic oxidation sites excluding steroid dienone is 4. The highest BCUT2D eigenvalue weighted by atomic mass is 31.1. The molecule has 0 unspecified atom stereocenters. The number of hydrogen-bond acceptors (Lipinski definition) is 0. The zero-order valence-corrected chi connectivity index (χ0v) is 16.6. The van der Waals surface area contributed by atoms with Crippen LogP contribution in [0.25, 0.3) is 0 Å². The Hall–Kier alpha value is -1.65. The smallest absolute Gasteiger partial charge is 0.00836 e. The molecule has 0 heterocycles. The Morgan fingerprint density at radius 1 is 0.667 bits per heavy atom. The fourth-order valence-corrected chi connectivity index (χ4v) is 6.26. The summed E-state index contributed by atoms with van der Waals surface area (Å²) in [6.45, 7) is 13.5. The largest absolute Gasteiger partial charge is 0.0801 e. The van der Waals surface area contributed by atoms with Crippen molar-refractivity contribution in [2.24, 2.45) is 0 Å². The molecule has 124 valence electrons. The quantitative estimate of drug-likeness (QED) is 0.621. The summed E-state index contributed by atoms with van der Waals surface area (Å²) >= 11 is 0. The number of aryl methyl sites for hydroxylation is 2. The van der Waals surface area contributed by atoms with Crippen LogP contribution in [0.1, 0.15) is 39.8 Å². The van der Waals surface area contributed by atoms with Crippen LogP contribution in [0.4, 0.5) is 0 Å². The maximum atomic E-state index is 2.37. The predicted molar refractivity (Wildman–Crippen MR) is 109 cm³/mol. The van der Waals surface area contributed by atoms with E-state index in [-0.39, 0.29) is 0 Å². The van der Waals surface area contributed by atoms with Gasteiger partial charge in [-0.1, -0.05) is 42.5 Å². The minimum Gasteiger partial charge on any atom is -0.0801 e. The summed E-state index contributed by atoms with van der Waals surface area (Å²) in [6, 6.07) is 9.34. The van der Waals surface area contributed by atoms with Gasteiger partial charge < -0.3 is 0 Å². The Balaban J connectivity index is 2.23. The Labute approximate surface area is 148 Å². The van der Waals surface area contributed by atoms with E-state index in [4.69, 9.17) is 0 Å². The van der Waals surface area contributed by atoms with Gasteiger partial charge in [0.1, 0.15) is 0 Å². The van der Waals surface area contributed by atoms with E-state index in [0.717, 1.165) is 6.42 Å². The second-order valence-corrected chi connectivity index (χ2v) is 9.14. The minimum absolute atomic E-state index is 0.452. The summed E-state index contributed by atoms with van der Waals surface area (Å²) in [5.74, 6) is 0. The maximum absolute atomic E-state index is 2.37. The Morgan fingerprint density at radius 2 is 1.17 bits per heavy atom. The molecule has 2 aromatic rings. The highest BCUT2D eigenvalue weighted by Gasteiger charge is 2.24. The third-order valence-corrected chi connectivity index (χ3v) is 8.42. The number of hydrogen-bond donors (Lipinski definition) is 0. The molecule has 0 fully saturated rings. The second kappa shape index (κ2) is 6.69. The molecule has 2 aromatic carbocycles. The first-order chi connectivity index (χ1) is 11.4. The van der Waals surface area contributed by atoms with Gasteiger partial charge in [0.2, 0.25) is 0 Å². The van der Waals surface area contributed by atoms with Crippen LogP contribution in [0.15, 0.2) is 47.8 Å². The van der Waals surface area contributed by atoms with Gasteiger partial charge in [-0.2, -0.15) is 0 Å². The summed E-state index contributed by atoms with van der Waals surface area (Å²) in [4.78, 5) is 0. The van der Waals surface area contributed by atoms with Crippen molar-refractivity contribution in [1.82, 2.24) is 0 Å². The van der Waals surface area contributed by atoms with Crippen LogP contribution in [0.5, 0.6) is 0 Å². The fraction of sp³-hybridized carbons (Fsp3) is 0.304. The van der Waals surface area contributed by atoms with Crippen LogP contribution < -0.4 is 10.6 Å². The molecule has 0 amide bonds. The number of benzene rings is 2. The summed E-state index contributed by atoms with van der Waals surface area (Å²) in [5.41, 5.74) is 8.59. The number of rotatable bonds is 3. The summed E-state index contributed by atoms with van der Waals surface area (Å²) in [7, 11) is -0.452. The molecule has 1 aliphatic rings. The first-order valence-electron chi connectivity index (χ1n) is 8.71. The van der Waals surface area contributed by atoms with Gasteiger partial charge in [0.15, 0.2) is 0 Å². The molecule has 1 heteroatoms. The van der Waals surface area contributed by atoms with E-state index in [9.17, 15) is 0 Å². The molecule has 0 saturated heterocycles. The van der Waals surface area contributed by atoms with E-state index in [0.29, 0.717) is 0 Å². The van der Waals surface area contributed by atoms with Gasteiger partial charge in [-0.25, -0.2) is 0 Å². The predicted octanol–water partition coefficient (Wildman–Crippen LogP) is 5.81. The van der Waals surface area contributed by atoms with Gasteiger partial charge >= 0.3 is 0 Å². The Morgan fingerprint density at radius 3 is 1.58 bits per heavy atom. The van der Waals surface area contributed by atoms with Crippen molar-refractivity contribution >= 4 is 18.5 Å². The monoisotopic (exact) mass is 334 g/mol. The van der Waals surface area contributed by atoms with E-state index in [2.05, 4.69) is 84.0 Å². The van der Waals surface area contributed by atoms with E-state index < -0.39 is 7.92 Å². The van der Waals surface area contributed by atoms with Gasteiger partial charge in [0.05, 0.1) is 0 Å². The summed E-state index contributed by atoms with van der Waals surface area (Å²) in [5, 5.41) is 4.62. The third-order valence-electron chi connectivity index (χ3n) is 5.58. The van der Waals surface area contributed by atoms with Crippen molar-refractivity contribution in [3.63, 3.8) is 0 Å². The lowest BCUT2D eigenvalue weighted by molar-refractivity contribution is 1.28.